The number of sulfonamides is 1. The van der Waals surface area contributed by atoms with E-state index in [9.17, 15) is 13.2 Å². The van der Waals surface area contributed by atoms with Crippen LogP contribution in [0.25, 0.3) is 0 Å². The minimum absolute atomic E-state index is 0.188. The summed E-state index contributed by atoms with van der Waals surface area (Å²) in [5, 5.41) is 0. The lowest BCUT2D eigenvalue weighted by Gasteiger charge is -2.36. The van der Waals surface area contributed by atoms with Gasteiger partial charge in [-0.15, -0.1) is 0 Å². The van der Waals surface area contributed by atoms with Crippen molar-refractivity contribution in [1.82, 2.24) is 14.3 Å². The highest BCUT2D eigenvalue weighted by Gasteiger charge is 2.27. The van der Waals surface area contributed by atoms with E-state index in [1.54, 1.807) is 30.5 Å². The maximum absolute atomic E-state index is 12.8. The molecule has 0 saturated carbocycles. The summed E-state index contributed by atoms with van der Waals surface area (Å²) >= 11 is 0. The number of carbonyl (C=O) groups excluding carboxylic acids is 1. The number of morpholine rings is 1. The second-order valence-electron chi connectivity index (χ2n) is 7.21. The standard InChI is InChI=1S/C20H25N5O5S/c1-29-20(26)17-3-2-6-21-19(17)24-9-7-23(8-10-24)18-5-4-16(15-22-18)31(27,28)25-11-13-30-14-12-25/h2-6,15H,7-14H2,1H3. The van der Waals surface area contributed by atoms with Gasteiger partial charge in [-0.3, -0.25) is 0 Å². The average molecular weight is 448 g/mol. The van der Waals surface area contributed by atoms with Crippen molar-refractivity contribution in [1.29, 1.82) is 0 Å². The minimum Gasteiger partial charge on any atom is -0.465 e. The number of anilines is 2. The third-order valence-electron chi connectivity index (χ3n) is 5.42. The second kappa shape index (κ2) is 9.16. The summed E-state index contributed by atoms with van der Waals surface area (Å²) in [5.41, 5.74) is 0.439. The molecule has 11 heteroatoms. The lowest BCUT2D eigenvalue weighted by Crippen LogP contribution is -2.47. The molecule has 0 spiro atoms. The monoisotopic (exact) mass is 447 g/mol. The van der Waals surface area contributed by atoms with Gasteiger partial charge in [0.2, 0.25) is 10.0 Å². The van der Waals surface area contributed by atoms with Crippen molar-refractivity contribution >= 4 is 27.6 Å². The predicted molar refractivity (Wildman–Crippen MR) is 114 cm³/mol. The Morgan fingerprint density at radius 1 is 1.00 bits per heavy atom. The Morgan fingerprint density at radius 2 is 1.71 bits per heavy atom. The Kier molecular flexibility index (Phi) is 6.35. The highest BCUT2D eigenvalue weighted by atomic mass is 32.2. The van der Waals surface area contributed by atoms with Gasteiger partial charge in [0.15, 0.2) is 0 Å². The Balaban J connectivity index is 1.42. The molecule has 2 aliphatic heterocycles. The highest BCUT2D eigenvalue weighted by molar-refractivity contribution is 7.89. The van der Waals surface area contributed by atoms with Gasteiger partial charge in [0.1, 0.15) is 22.1 Å². The van der Waals surface area contributed by atoms with Crippen LogP contribution in [-0.2, 0) is 19.5 Å². The first-order valence-electron chi connectivity index (χ1n) is 10.1. The maximum Gasteiger partial charge on any atom is 0.341 e. The number of pyridine rings is 2. The van der Waals surface area contributed by atoms with Gasteiger partial charge >= 0.3 is 5.97 Å². The summed E-state index contributed by atoms with van der Waals surface area (Å²) in [4.78, 5) is 25.1. The molecule has 0 aliphatic carbocycles. The van der Waals surface area contributed by atoms with Crippen molar-refractivity contribution in [2.75, 3.05) is 69.4 Å². The molecule has 0 amide bonds. The number of hydrogen-bond acceptors (Lipinski definition) is 9. The number of methoxy groups -OCH3 is 1. The Bertz CT molecular complexity index is 1020. The van der Waals surface area contributed by atoms with E-state index in [4.69, 9.17) is 9.47 Å². The number of nitrogens with zero attached hydrogens (tertiary/aromatic N) is 5. The number of ether oxygens (including phenoxy) is 2. The highest BCUT2D eigenvalue weighted by Crippen LogP contribution is 2.23. The number of rotatable bonds is 5. The van der Waals surface area contributed by atoms with Crippen LogP contribution in [0.3, 0.4) is 0 Å². The van der Waals surface area contributed by atoms with Crippen molar-refractivity contribution in [2.24, 2.45) is 0 Å². The quantitative estimate of drug-likeness (QED) is 0.610. The smallest absolute Gasteiger partial charge is 0.341 e. The van der Waals surface area contributed by atoms with Gasteiger partial charge in [-0.25, -0.2) is 23.2 Å². The van der Waals surface area contributed by atoms with Gasteiger partial charge in [0, 0.05) is 51.7 Å². The second-order valence-corrected chi connectivity index (χ2v) is 9.15. The number of piperazine rings is 1. The molecule has 0 N–H and O–H groups in total. The fraction of sp³-hybridized carbons (Fsp3) is 0.450. The van der Waals surface area contributed by atoms with Gasteiger partial charge in [0.25, 0.3) is 0 Å². The van der Waals surface area contributed by atoms with Gasteiger partial charge in [-0.05, 0) is 24.3 Å². The number of hydrogen-bond donors (Lipinski definition) is 0. The largest absolute Gasteiger partial charge is 0.465 e. The first-order valence-corrected chi connectivity index (χ1v) is 11.5. The fourth-order valence-electron chi connectivity index (χ4n) is 3.71. The first kappa shape index (κ1) is 21.5. The summed E-state index contributed by atoms with van der Waals surface area (Å²) < 4.78 is 37.0. The molecule has 2 aromatic heterocycles. The molecule has 2 aromatic rings. The average Bonchev–Trinajstić information content (AvgIpc) is 2.84. The lowest BCUT2D eigenvalue weighted by molar-refractivity contribution is 0.0601. The van der Waals surface area contributed by atoms with E-state index in [2.05, 4.69) is 14.9 Å². The zero-order chi connectivity index (χ0) is 21.8. The zero-order valence-electron chi connectivity index (χ0n) is 17.3. The fourth-order valence-corrected chi connectivity index (χ4v) is 5.07. The van der Waals surface area contributed by atoms with E-state index in [1.807, 2.05) is 4.90 Å². The number of carbonyl (C=O) groups is 1. The van der Waals surface area contributed by atoms with Crippen LogP contribution in [0.4, 0.5) is 11.6 Å². The lowest BCUT2D eigenvalue weighted by atomic mass is 10.2. The Hall–Kier alpha value is -2.76. The molecule has 4 heterocycles. The Labute approximate surface area is 181 Å². The van der Waals surface area contributed by atoms with Crippen LogP contribution in [0.15, 0.2) is 41.6 Å². The topological polar surface area (TPSA) is 105 Å². The molecule has 0 atom stereocenters. The van der Waals surface area contributed by atoms with E-state index in [1.165, 1.54) is 17.6 Å². The molecule has 0 aromatic carbocycles. The van der Waals surface area contributed by atoms with E-state index in [0.717, 1.165) is 5.82 Å². The van der Waals surface area contributed by atoms with Crippen molar-refractivity contribution in [3.8, 4) is 0 Å². The summed E-state index contributed by atoms with van der Waals surface area (Å²) in [7, 11) is -2.20. The molecule has 31 heavy (non-hydrogen) atoms. The maximum atomic E-state index is 12.8. The van der Waals surface area contributed by atoms with Gasteiger partial charge < -0.3 is 19.3 Å². The third-order valence-corrected chi connectivity index (χ3v) is 7.31. The summed E-state index contributed by atoms with van der Waals surface area (Å²) in [6.45, 7) is 4.15. The molecule has 2 fully saturated rings. The molecular weight excluding hydrogens is 422 g/mol. The van der Waals surface area contributed by atoms with Crippen molar-refractivity contribution in [2.45, 2.75) is 4.90 Å². The molecule has 0 radical (unpaired) electrons. The molecule has 2 aliphatic rings. The first-order chi connectivity index (χ1) is 15.0. The van der Waals surface area contributed by atoms with Crippen molar-refractivity contribution in [3.63, 3.8) is 0 Å². The van der Waals surface area contributed by atoms with Crippen LogP contribution < -0.4 is 9.80 Å². The van der Waals surface area contributed by atoms with Crippen LogP contribution in [0.5, 0.6) is 0 Å². The molecule has 166 valence electrons. The van der Waals surface area contributed by atoms with Crippen LogP contribution in [0.2, 0.25) is 0 Å². The third kappa shape index (κ3) is 4.48. The van der Waals surface area contributed by atoms with E-state index >= 15 is 0 Å². The van der Waals surface area contributed by atoms with Crippen molar-refractivity contribution in [3.05, 3.63) is 42.2 Å². The molecule has 2 saturated heterocycles. The van der Waals surface area contributed by atoms with E-state index in [-0.39, 0.29) is 4.90 Å². The number of esters is 1. The van der Waals surface area contributed by atoms with Gasteiger partial charge in [-0.1, -0.05) is 0 Å². The minimum atomic E-state index is -3.56. The molecule has 4 rings (SSSR count). The SMILES string of the molecule is COC(=O)c1cccnc1N1CCN(c2ccc(S(=O)(=O)N3CCOCC3)cn2)CC1. The van der Waals surface area contributed by atoms with E-state index in [0.29, 0.717) is 63.9 Å². The van der Waals surface area contributed by atoms with Crippen LogP contribution in [-0.4, -0.2) is 88.3 Å². The summed E-state index contributed by atoms with van der Waals surface area (Å²) in [5.74, 6) is 0.910. The van der Waals surface area contributed by atoms with Crippen molar-refractivity contribution < 1.29 is 22.7 Å². The predicted octanol–water partition coefficient (Wildman–Crippen LogP) is 0.611. The molecule has 0 unspecified atom stereocenters. The summed E-state index contributed by atoms with van der Waals surface area (Å²) in [6.07, 6.45) is 3.07. The zero-order valence-corrected chi connectivity index (χ0v) is 18.1. The Morgan fingerprint density at radius 3 is 2.35 bits per heavy atom. The van der Waals surface area contributed by atoms with Crippen LogP contribution >= 0.6 is 0 Å². The molecule has 0 bridgehead atoms. The van der Waals surface area contributed by atoms with Gasteiger partial charge in [0.05, 0.1) is 20.3 Å². The number of aromatic nitrogens is 2. The normalized spacial score (nSPS) is 18.1. The summed E-state index contributed by atoms with van der Waals surface area (Å²) in [6, 6.07) is 6.76. The van der Waals surface area contributed by atoms with E-state index < -0.39 is 16.0 Å². The molecular formula is C20H25N5O5S. The van der Waals surface area contributed by atoms with Gasteiger partial charge in [-0.2, -0.15) is 4.31 Å². The molecule has 10 nitrogen and oxygen atoms in total. The van der Waals surface area contributed by atoms with Crippen LogP contribution in [0, 0.1) is 0 Å². The van der Waals surface area contributed by atoms with Crippen LogP contribution in [0.1, 0.15) is 10.4 Å².